The summed E-state index contributed by atoms with van der Waals surface area (Å²) in [4.78, 5) is 70.1. The number of ether oxygens (including phenoxy) is 4. The highest BCUT2D eigenvalue weighted by atomic mass is 16.6. The van der Waals surface area contributed by atoms with Gasteiger partial charge in [0.05, 0.1) is 28.4 Å². The van der Waals surface area contributed by atoms with E-state index in [1.165, 1.54) is 0 Å². The van der Waals surface area contributed by atoms with Crippen LogP contribution < -0.4 is 10.6 Å². The van der Waals surface area contributed by atoms with Crippen molar-refractivity contribution >= 4 is 35.9 Å². The zero-order chi connectivity index (χ0) is 39.0. The Labute approximate surface area is 283 Å². The van der Waals surface area contributed by atoms with Crippen LogP contribution in [-0.4, -0.2) is 131 Å². The number of aliphatic hydroxyl groups excluding tert-OH is 3. The van der Waals surface area contributed by atoms with Gasteiger partial charge in [-0.3, -0.25) is 9.80 Å². The molecule has 2 fully saturated rings. The highest BCUT2D eigenvalue weighted by Gasteiger charge is 2.65. The molecule has 0 spiro atoms. The topological polar surface area (TPSA) is 231 Å². The molecule has 0 aliphatic carbocycles. The molecule has 5 N–H and O–H groups in total. The Hall–Kier alpha value is -3.70. The van der Waals surface area contributed by atoms with Crippen LogP contribution in [0.5, 0.6) is 0 Å². The largest absolute Gasteiger partial charge is 0.466 e. The van der Waals surface area contributed by atoms with Crippen molar-refractivity contribution in [3.8, 4) is 0 Å². The molecule has 2 heterocycles. The molecular formula is C31H58N4O13. The minimum atomic E-state index is -1.89. The van der Waals surface area contributed by atoms with Crippen LogP contribution in [0, 0.1) is 10.8 Å². The molecule has 2 saturated heterocycles. The van der Waals surface area contributed by atoms with Gasteiger partial charge in [-0.05, 0) is 55.4 Å². The second kappa shape index (κ2) is 16.6. The van der Waals surface area contributed by atoms with Gasteiger partial charge >= 0.3 is 35.9 Å². The van der Waals surface area contributed by atoms with Crippen LogP contribution >= 0.6 is 0 Å². The molecular weight excluding hydrogens is 636 g/mol. The minimum absolute atomic E-state index is 0.00785. The van der Waals surface area contributed by atoms with Crippen LogP contribution in [0.3, 0.4) is 0 Å². The van der Waals surface area contributed by atoms with Gasteiger partial charge in [0, 0.05) is 40.1 Å². The van der Waals surface area contributed by atoms with E-state index in [1.54, 1.807) is 27.7 Å². The maximum Gasteiger partial charge on any atom is 0.417 e. The third-order valence-electron chi connectivity index (χ3n) is 10.5. The summed E-state index contributed by atoms with van der Waals surface area (Å²) in [7, 11) is 5.39. The monoisotopic (exact) mass is 694 g/mol. The van der Waals surface area contributed by atoms with Gasteiger partial charge < -0.3 is 44.9 Å². The molecule has 17 nitrogen and oxygen atoms in total. The van der Waals surface area contributed by atoms with Gasteiger partial charge in [0.15, 0.2) is 0 Å². The summed E-state index contributed by atoms with van der Waals surface area (Å²) in [6, 6.07) is -0.959. The van der Waals surface area contributed by atoms with E-state index in [4.69, 9.17) is 5.11 Å². The number of hydrogen-bond donors (Lipinski definition) is 5. The number of urea groups is 2. The maximum absolute atomic E-state index is 13.1. The van der Waals surface area contributed by atoms with E-state index in [0.717, 1.165) is 45.3 Å². The normalized spacial score (nSPS) is 21.6. The molecule has 2 rings (SSSR count). The lowest BCUT2D eigenvalue weighted by molar-refractivity contribution is -0.206. The predicted molar refractivity (Wildman–Crippen MR) is 173 cm³/mol. The van der Waals surface area contributed by atoms with Crippen molar-refractivity contribution in [2.24, 2.45) is 10.8 Å². The van der Waals surface area contributed by atoms with Gasteiger partial charge in [-0.15, -0.1) is 0 Å². The van der Waals surface area contributed by atoms with Crippen molar-refractivity contribution in [1.82, 2.24) is 20.4 Å². The van der Waals surface area contributed by atoms with E-state index in [9.17, 15) is 39.0 Å². The third-order valence-corrected chi connectivity index (χ3v) is 10.5. The minimum Gasteiger partial charge on any atom is -0.466 e. The number of nitrogens with one attached hydrogen (secondary N) is 2. The van der Waals surface area contributed by atoms with Crippen molar-refractivity contribution in [3.63, 3.8) is 0 Å². The summed E-state index contributed by atoms with van der Waals surface area (Å²) in [5, 5.41) is 33.6. The van der Waals surface area contributed by atoms with Crippen LogP contribution in [0.1, 0.15) is 83.1 Å². The fourth-order valence-electron chi connectivity index (χ4n) is 5.05. The number of carbonyl (C=O) groups is 6. The number of aliphatic hydroxyl groups is 3. The SMILES string of the molecule is CC1(C)NC(=O)NC(C)(C)C1(C)C.CO.COC(=O)C(=O)OC.COC(=O)C(O)N1C(=O)N(C(O)C(=O)OC)C(C)(C)C(C)(C)C1(C)C. The van der Waals surface area contributed by atoms with Crippen LogP contribution in [0.15, 0.2) is 0 Å². The Morgan fingerprint density at radius 2 is 0.833 bits per heavy atom. The molecule has 0 aromatic rings. The summed E-state index contributed by atoms with van der Waals surface area (Å²) in [6.45, 7) is 23.0. The summed E-state index contributed by atoms with van der Waals surface area (Å²) in [5.74, 6) is -4.01. The zero-order valence-corrected chi connectivity index (χ0v) is 31.5. The van der Waals surface area contributed by atoms with Gasteiger partial charge in [-0.2, -0.15) is 0 Å². The van der Waals surface area contributed by atoms with E-state index in [2.05, 4.69) is 71.1 Å². The van der Waals surface area contributed by atoms with Crippen LogP contribution in [0.4, 0.5) is 9.59 Å². The number of nitrogens with zero attached hydrogens (tertiary/aromatic N) is 2. The first kappa shape index (κ1) is 46.4. The Morgan fingerprint density at radius 3 is 1.06 bits per heavy atom. The van der Waals surface area contributed by atoms with Gasteiger partial charge in [0.25, 0.3) is 0 Å². The highest BCUT2D eigenvalue weighted by molar-refractivity contribution is 6.29. The van der Waals surface area contributed by atoms with Crippen LogP contribution in [-0.2, 0) is 38.1 Å². The van der Waals surface area contributed by atoms with Crippen molar-refractivity contribution < 1.29 is 63.0 Å². The van der Waals surface area contributed by atoms with E-state index >= 15 is 0 Å². The lowest BCUT2D eigenvalue weighted by Crippen LogP contribution is -2.80. The summed E-state index contributed by atoms with van der Waals surface area (Å²) < 4.78 is 17.1. The maximum atomic E-state index is 13.1. The number of amides is 4. The second-order valence-corrected chi connectivity index (χ2v) is 14.0. The molecule has 2 aliphatic rings. The summed E-state index contributed by atoms with van der Waals surface area (Å²) in [6.07, 6.45) is -3.79. The fraction of sp³-hybridized carbons (Fsp3) is 0.806. The first-order valence-electron chi connectivity index (χ1n) is 14.9. The first-order valence-corrected chi connectivity index (χ1v) is 14.9. The smallest absolute Gasteiger partial charge is 0.417 e. The Kier molecular flexibility index (Phi) is 16.1. The molecule has 2 atom stereocenters. The number of methoxy groups -OCH3 is 4. The lowest BCUT2D eigenvalue weighted by Gasteiger charge is -2.65. The molecule has 4 amide bonds. The summed E-state index contributed by atoms with van der Waals surface area (Å²) >= 11 is 0. The lowest BCUT2D eigenvalue weighted by atomic mass is 9.59. The standard InChI is InChI=1S/C16H28N2O7.C10H20N2O.C4H6O4.CH4O/c1-14(2)15(3,4)17(9(19)11(21)24-7)13(23)18(16(14,5)6)10(20)12(22)25-8;1-8(2)9(3,4)11-7(13)12-10(8,5)6;1-7-3(5)4(6)8-2;1-2/h9-10,19-20H,1-8H3;1-6H3,(H2,11,12,13);1-2H3;2H,1H3. The average Bonchev–Trinajstić information content (AvgIpc) is 2.98. The molecule has 2 unspecified atom stereocenters. The molecule has 48 heavy (non-hydrogen) atoms. The van der Waals surface area contributed by atoms with Gasteiger partial charge in [-0.25, -0.2) is 28.8 Å². The van der Waals surface area contributed by atoms with E-state index in [-0.39, 0.29) is 22.5 Å². The predicted octanol–water partition coefficient (Wildman–Crippen LogP) is 1.11. The van der Waals surface area contributed by atoms with Crippen LogP contribution in [0.2, 0.25) is 0 Å². The van der Waals surface area contributed by atoms with E-state index in [1.807, 2.05) is 13.8 Å². The molecule has 0 saturated carbocycles. The highest BCUT2D eigenvalue weighted by Crippen LogP contribution is 2.52. The zero-order valence-electron chi connectivity index (χ0n) is 31.5. The van der Waals surface area contributed by atoms with Crippen molar-refractivity contribution in [1.29, 1.82) is 0 Å². The van der Waals surface area contributed by atoms with Crippen molar-refractivity contribution in [2.45, 2.75) is 118 Å². The van der Waals surface area contributed by atoms with Gasteiger partial charge in [-0.1, -0.05) is 27.7 Å². The first-order chi connectivity index (χ1) is 21.5. The Bertz CT molecular complexity index is 1100. The number of hydrogen-bond acceptors (Lipinski definition) is 13. The molecule has 0 bridgehead atoms. The van der Waals surface area contributed by atoms with E-state index in [0.29, 0.717) is 0 Å². The third kappa shape index (κ3) is 8.85. The molecule has 280 valence electrons. The number of carbonyl (C=O) groups excluding carboxylic acids is 6. The fourth-order valence-corrected chi connectivity index (χ4v) is 5.05. The molecule has 0 aromatic heterocycles. The average molecular weight is 695 g/mol. The van der Waals surface area contributed by atoms with E-state index < -0.39 is 58.9 Å². The number of rotatable bonds is 4. The van der Waals surface area contributed by atoms with Crippen molar-refractivity contribution in [2.75, 3.05) is 35.5 Å². The summed E-state index contributed by atoms with van der Waals surface area (Å²) in [5.41, 5.74) is -3.18. The Balaban J connectivity index is 0. The molecule has 0 radical (unpaired) electrons. The number of esters is 4. The van der Waals surface area contributed by atoms with Gasteiger partial charge in [0.1, 0.15) is 0 Å². The molecule has 17 heteroatoms. The Morgan fingerprint density at radius 1 is 0.562 bits per heavy atom. The van der Waals surface area contributed by atoms with Crippen LogP contribution in [0.25, 0.3) is 0 Å². The van der Waals surface area contributed by atoms with Crippen molar-refractivity contribution in [3.05, 3.63) is 0 Å². The molecule has 0 aromatic carbocycles. The second-order valence-electron chi connectivity index (χ2n) is 14.0. The van der Waals surface area contributed by atoms with Gasteiger partial charge in [0.2, 0.25) is 12.5 Å². The quantitative estimate of drug-likeness (QED) is 0.158. The molecule has 2 aliphatic heterocycles.